The lowest BCUT2D eigenvalue weighted by atomic mass is 9.98. The molecule has 0 aromatic carbocycles. The second-order valence-corrected chi connectivity index (χ2v) is 8.47. The molecule has 98 valence electrons. The summed E-state index contributed by atoms with van der Waals surface area (Å²) in [4.78, 5) is 4.48. The van der Waals surface area contributed by atoms with Crippen LogP contribution in [0, 0.1) is 0 Å². The van der Waals surface area contributed by atoms with Crippen LogP contribution in [-0.2, 0) is 15.3 Å². The molecule has 1 aromatic rings. The molecule has 6 heteroatoms. The Balaban J connectivity index is 2.71. The van der Waals surface area contributed by atoms with Gasteiger partial charge in [-0.2, -0.15) is 0 Å². The smallest absolute Gasteiger partial charge is 0.147 e. The first-order valence-electron chi connectivity index (χ1n) is 5.49. The summed E-state index contributed by atoms with van der Waals surface area (Å²) in [6.45, 7) is 6.28. The van der Waals surface area contributed by atoms with Crippen LogP contribution in [0.15, 0.2) is 5.38 Å². The Morgan fingerprint density at radius 3 is 2.47 bits per heavy atom. The highest BCUT2D eigenvalue weighted by atomic mass is 32.2. The molecule has 0 aliphatic rings. The first-order chi connectivity index (χ1) is 7.59. The fourth-order valence-corrected chi connectivity index (χ4v) is 2.94. The Morgan fingerprint density at radius 2 is 2.06 bits per heavy atom. The minimum atomic E-state index is -2.95. The highest BCUT2D eigenvalue weighted by molar-refractivity contribution is 7.90. The van der Waals surface area contributed by atoms with Crippen molar-refractivity contribution in [2.24, 2.45) is 5.73 Å². The second-order valence-electron chi connectivity index (χ2n) is 5.35. The van der Waals surface area contributed by atoms with E-state index in [4.69, 9.17) is 5.73 Å². The molecular formula is C11H20N2O2S2. The quantitative estimate of drug-likeness (QED) is 0.911. The van der Waals surface area contributed by atoms with Crippen LogP contribution in [0.3, 0.4) is 0 Å². The van der Waals surface area contributed by atoms with Crippen LogP contribution in [0.5, 0.6) is 0 Å². The number of nitrogens with two attached hydrogens (primary N) is 1. The van der Waals surface area contributed by atoms with E-state index in [-0.39, 0.29) is 17.2 Å². The van der Waals surface area contributed by atoms with Crippen molar-refractivity contribution in [1.29, 1.82) is 0 Å². The molecular weight excluding hydrogens is 256 g/mol. The van der Waals surface area contributed by atoms with E-state index in [1.807, 2.05) is 5.38 Å². The number of aromatic nitrogens is 1. The first-order valence-corrected chi connectivity index (χ1v) is 8.43. The zero-order valence-corrected chi connectivity index (χ0v) is 12.4. The molecule has 4 nitrogen and oxygen atoms in total. The molecule has 0 amide bonds. The maximum Gasteiger partial charge on any atom is 0.147 e. The Morgan fingerprint density at radius 1 is 1.47 bits per heavy atom. The minimum Gasteiger partial charge on any atom is -0.323 e. The van der Waals surface area contributed by atoms with Crippen LogP contribution in [0.1, 0.15) is 43.9 Å². The van der Waals surface area contributed by atoms with E-state index in [1.165, 1.54) is 6.26 Å². The van der Waals surface area contributed by atoms with Gasteiger partial charge in [-0.05, 0) is 6.42 Å². The summed E-state index contributed by atoms with van der Waals surface area (Å²) in [5, 5.41) is 2.95. The Labute approximate surface area is 107 Å². The van der Waals surface area contributed by atoms with Crippen LogP contribution in [0.4, 0.5) is 0 Å². The van der Waals surface area contributed by atoms with Crippen molar-refractivity contribution in [1.82, 2.24) is 4.98 Å². The van der Waals surface area contributed by atoms with Crippen molar-refractivity contribution in [3.05, 3.63) is 16.1 Å². The minimum absolute atomic E-state index is 0.0134. The van der Waals surface area contributed by atoms with Gasteiger partial charge < -0.3 is 5.73 Å². The van der Waals surface area contributed by atoms with E-state index in [0.29, 0.717) is 6.42 Å². The summed E-state index contributed by atoms with van der Waals surface area (Å²) in [6, 6.07) is -0.294. The molecule has 1 aromatic heterocycles. The number of hydrogen-bond acceptors (Lipinski definition) is 5. The number of hydrogen-bond donors (Lipinski definition) is 1. The standard InChI is InChI=1S/C11H20N2O2S2/c1-11(2,3)10-13-9(7-16-10)8(12)5-6-17(4,14)15/h7-8H,5-6,12H2,1-4H3. The third-order valence-electron chi connectivity index (χ3n) is 2.34. The van der Waals surface area contributed by atoms with Gasteiger partial charge in [0.05, 0.1) is 16.5 Å². The maximum absolute atomic E-state index is 11.1. The van der Waals surface area contributed by atoms with E-state index in [0.717, 1.165) is 10.7 Å². The van der Waals surface area contributed by atoms with E-state index in [1.54, 1.807) is 11.3 Å². The van der Waals surface area contributed by atoms with Gasteiger partial charge in [-0.1, -0.05) is 20.8 Å². The van der Waals surface area contributed by atoms with E-state index in [9.17, 15) is 8.42 Å². The van der Waals surface area contributed by atoms with Crippen molar-refractivity contribution in [2.75, 3.05) is 12.0 Å². The fraction of sp³-hybridized carbons (Fsp3) is 0.727. The molecule has 0 bridgehead atoms. The van der Waals surface area contributed by atoms with Gasteiger partial charge in [0, 0.05) is 23.1 Å². The Hall–Kier alpha value is -0.460. The highest BCUT2D eigenvalue weighted by Gasteiger charge is 2.20. The van der Waals surface area contributed by atoms with Crippen LogP contribution in [0.25, 0.3) is 0 Å². The van der Waals surface area contributed by atoms with Gasteiger partial charge in [0.2, 0.25) is 0 Å². The molecule has 1 heterocycles. The molecule has 0 fully saturated rings. The topological polar surface area (TPSA) is 73.0 Å². The molecule has 2 N–H and O–H groups in total. The molecule has 0 aliphatic heterocycles. The average Bonchev–Trinajstić information content (AvgIpc) is 2.60. The third-order valence-corrected chi connectivity index (χ3v) is 4.61. The van der Waals surface area contributed by atoms with Crippen molar-refractivity contribution in [3.8, 4) is 0 Å². The summed E-state index contributed by atoms with van der Waals surface area (Å²) in [5.74, 6) is 0.108. The molecule has 17 heavy (non-hydrogen) atoms. The molecule has 0 aliphatic carbocycles. The zero-order chi connectivity index (χ0) is 13.3. The van der Waals surface area contributed by atoms with E-state index < -0.39 is 9.84 Å². The fourth-order valence-electron chi connectivity index (χ4n) is 1.29. The number of sulfone groups is 1. The molecule has 1 unspecified atom stereocenters. The van der Waals surface area contributed by atoms with Crippen molar-refractivity contribution >= 4 is 21.2 Å². The van der Waals surface area contributed by atoms with Crippen LogP contribution >= 0.6 is 11.3 Å². The normalized spacial score (nSPS) is 14.9. The van der Waals surface area contributed by atoms with E-state index in [2.05, 4.69) is 25.8 Å². The molecule has 0 saturated carbocycles. The second kappa shape index (κ2) is 5.04. The molecule has 0 radical (unpaired) electrons. The van der Waals surface area contributed by atoms with Crippen molar-refractivity contribution in [2.45, 2.75) is 38.6 Å². The number of thiazole rings is 1. The first kappa shape index (κ1) is 14.6. The van der Waals surface area contributed by atoms with Gasteiger partial charge in [0.25, 0.3) is 0 Å². The summed E-state index contributed by atoms with van der Waals surface area (Å²) >= 11 is 1.58. The molecule has 0 saturated heterocycles. The summed E-state index contributed by atoms with van der Waals surface area (Å²) in [5.41, 5.74) is 6.75. The summed E-state index contributed by atoms with van der Waals surface area (Å²) in [6.07, 6.45) is 1.65. The zero-order valence-electron chi connectivity index (χ0n) is 10.7. The van der Waals surface area contributed by atoms with Gasteiger partial charge in [-0.15, -0.1) is 11.3 Å². The number of rotatable bonds is 4. The van der Waals surface area contributed by atoms with Gasteiger partial charge in [0.15, 0.2) is 0 Å². The van der Waals surface area contributed by atoms with Gasteiger partial charge in [0.1, 0.15) is 9.84 Å². The third kappa shape index (κ3) is 4.73. The summed E-state index contributed by atoms with van der Waals surface area (Å²) < 4.78 is 22.1. The predicted molar refractivity (Wildman–Crippen MR) is 72.1 cm³/mol. The maximum atomic E-state index is 11.1. The lowest BCUT2D eigenvalue weighted by Gasteiger charge is -2.14. The highest BCUT2D eigenvalue weighted by Crippen LogP contribution is 2.27. The molecule has 0 spiro atoms. The molecule has 1 rings (SSSR count). The van der Waals surface area contributed by atoms with Crippen molar-refractivity contribution in [3.63, 3.8) is 0 Å². The lowest BCUT2D eigenvalue weighted by molar-refractivity contribution is 0.572. The number of nitrogens with zero attached hydrogens (tertiary/aromatic N) is 1. The van der Waals surface area contributed by atoms with Gasteiger partial charge in [-0.25, -0.2) is 13.4 Å². The summed E-state index contributed by atoms with van der Waals surface area (Å²) in [7, 11) is -2.95. The van der Waals surface area contributed by atoms with Gasteiger partial charge >= 0.3 is 0 Å². The average molecular weight is 276 g/mol. The largest absolute Gasteiger partial charge is 0.323 e. The molecule has 1 atom stereocenters. The lowest BCUT2D eigenvalue weighted by Crippen LogP contribution is -2.17. The monoisotopic (exact) mass is 276 g/mol. The SMILES string of the molecule is CC(C)(C)c1nc(C(N)CCS(C)(=O)=O)cs1. The van der Waals surface area contributed by atoms with Crippen LogP contribution in [-0.4, -0.2) is 25.4 Å². The predicted octanol–water partition coefficient (Wildman–Crippen LogP) is 1.88. The van der Waals surface area contributed by atoms with Crippen LogP contribution in [0.2, 0.25) is 0 Å². The Kier molecular flexibility index (Phi) is 4.33. The van der Waals surface area contributed by atoms with Crippen LogP contribution < -0.4 is 5.73 Å². The Bertz CT molecular complexity index is 472. The van der Waals surface area contributed by atoms with Crippen molar-refractivity contribution < 1.29 is 8.42 Å². The van der Waals surface area contributed by atoms with E-state index >= 15 is 0 Å². The van der Waals surface area contributed by atoms with Gasteiger partial charge in [-0.3, -0.25) is 0 Å².